The molecule has 2 unspecified atom stereocenters. The maximum atomic E-state index is 11.1. The standard InChI is InChI=1S/C13H26NO/c1-5-9-12(7-3)14(11-15)13(8-4)10-6-2/h12-13H,5-10H2,1-4H3. The largest absolute Gasteiger partial charge is 0.329 e. The van der Waals surface area contributed by atoms with Crippen molar-refractivity contribution in [1.82, 2.24) is 4.90 Å². The molecule has 1 amide bonds. The Morgan fingerprint density at radius 2 is 1.33 bits per heavy atom. The van der Waals surface area contributed by atoms with Crippen LogP contribution in [0.2, 0.25) is 0 Å². The molecular weight excluding hydrogens is 186 g/mol. The molecule has 2 nitrogen and oxygen atoms in total. The molecule has 0 aromatic rings. The van der Waals surface area contributed by atoms with Gasteiger partial charge in [-0.25, -0.2) is 0 Å². The topological polar surface area (TPSA) is 20.3 Å². The Hall–Kier alpha value is -0.530. The number of hydrogen-bond acceptors (Lipinski definition) is 1. The normalized spacial score (nSPS) is 14.7. The number of carbonyl (C=O) groups excluding carboxylic acids is 1. The predicted molar refractivity (Wildman–Crippen MR) is 65.5 cm³/mol. The van der Waals surface area contributed by atoms with E-state index in [1.54, 1.807) is 0 Å². The van der Waals surface area contributed by atoms with Gasteiger partial charge in [0.05, 0.1) is 0 Å². The first-order chi connectivity index (χ1) is 7.24. The Balaban J connectivity index is 4.44. The van der Waals surface area contributed by atoms with Gasteiger partial charge in [0.15, 0.2) is 0 Å². The van der Waals surface area contributed by atoms with Crippen LogP contribution < -0.4 is 0 Å². The van der Waals surface area contributed by atoms with Crippen molar-refractivity contribution in [3.63, 3.8) is 0 Å². The molecule has 1 radical (unpaired) electrons. The van der Waals surface area contributed by atoms with E-state index in [2.05, 4.69) is 34.1 Å². The number of hydrogen-bond donors (Lipinski definition) is 0. The lowest BCUT2D eigenvalue weighted by Gasteiger charge is -2.33. The van der Waals surface area contributed by atoms with Gasteiger partial charge in [-0.1, -0.05) is 40.5 Å². The van der Waals surface area contributed by atoms with Crippen LogP contribution in [0, 0.1) is 0 Å². The highest BCUT2D eigenvalue weighted by atomic mass is 16.1. The summed E-state index contributed by atoms with van der Waals surface area (Å²) in [6.07, 6.45) is 8.73. The van der Waals surface area contributed by atoms with Gasteiger partial charge in [0.1, 0.15) is 0 Å². The summed E-state index contributed by atoms with van der Waals surface area (Å²) in [6.45, 7) is 8.66. The molecule has 0 aliphatic rings. The summed E-state index contributed by atoms with van der Waals surface area (Å²) < 4.78 is 0. The summed E-state index contributed by atoms with van der Waals surface area (Å²) in [6, 6.07) is 0.785. The van der Waals surface area contributed by atoms with Crippen LogP contribution in [0.5, 0.6) is 0 Å². The molecular formula is C13H26NO. The highest BCUT2D eigenvalue weighted by molar-refractivity contribution is 5.49. The summed E-state index contributed by atoms with van der Waals surface area (Å²) in [7, 11) is 0. The van der Waals surface area contributed by atoms with Gasteiger partial charge < -0.3 is 4.90 Å². The van der Waals surface area contributed by atoms with Crippen LogP contribution in [0.15, 0.2) is 0 Å². The van der Waals surface area contributed by atoms with Crippen LogP contribution in [-0.4, -0.2) is 23.4 Å². The molecule has 0 aliphatic heterocycles. The molecule has 0 fully saturated rings. The van der Waals surface area contributed by atoms with Crippen molar-refractivity contribution in [2.24, 2.45) is 0 Å². The van der Waals surface area contributed by atoms with Gasteiger partial charge in [-0.2, -0.15) is 0 Å². The van der Waals surface area contributed by atoms with Crippen molar-refractivity contribution in [2.75, 3.05) is 0 Å². The minimum atomic E-state index is 0.393. The number of amides is 1. The lowest BCUT2D eigenvalue weighted by molar-refractivity contribution is 0.193. The molecule has 2 heteroatoms. The fourth-order valence-electron chi connectivity index (χ4n) is 2.19. The third kappa shape index (κ3) is 4.67. The van der Waals surface area contributed by atoms with Gasteiger partial charge in [0.25, 0.3) is 0 Å². The van der Waals surface area contributed by atoms with Crippen LogP contribution in [0.3, 0.4) is 0 Å². The van der Waals surface area contributed by atoms with Crippen molar-refractivity contribution in [1.29, 1.82) is 0 Å². The Kier molecular flexibility index (Phi) is 8.44. The van der Waals surface area contributed by atoms with E-state index in [1.165, 1.54) is 0 Å². The Bertz CT molecular complexity index is 145. The molecule has 0 heterocycles. The van der Waals surface area contributed by atoms with E-state index in [-0.39, 0.29) is 0 Å². The first-order valence-electron chi connectivity index (χ1n) is 6.41. The summed E-state index contributed by atoms with van der Waals surface area (Å²) >= 11 is 0. The average Bonchev–Trinajstić information content (AvgIpc) is 2.27. The second-order valence-electron chi connectivity index (χ2n) is 4.20. The molecule has 0 bridgehead atoms. The molecule has 0 rings (SSSR count). The van der Waals surface area contributed by atoms with E-state index in [4.69, 9.17) is 0 Å². The van der Waals surface area contributed by atoms with Crippen LogP contribution in [0.25, 0.3) is 0 Å². The second-order valence-corrected chi connectivity index (χ2v) is 4.20. The first kappa shape index (κ1) is 14.5. The highest BCUT2D eigenvalue weighted by Crippen LogP contribution is 2.17. The molecule has 0 aromatic heterocycles. The van der Waals surface area contributed by atoms with Crippen LogP contribution >= 0.6 is 0 Å². The second kappa shape index (κ2) is 8.75. The van der Waals surface area contributed by atoms with E-state index in [1.807, 2.05) is 4.90 Å². The zero-order chi connectivity index (χ0) is 11.7. The molecule has 0 aromatic carbocycles. The molecule has 15 heavy (non-hydrogen) atoms. The SMILES string of the molecule is CCCC(CC)N([C]=O)C(CC)CCC. The third-order valence-corrected chi connectivity index (χ3v) is 3.08. The molecule has 0 saturated carbocycles. The summed E-state index contributed by atoms with van der Waals surface area (Å²) in [5.74, 6) is 0. The fourth-order valence-corrected chi connectivity index (χ4v) is 2.19. The van der Waals surface area contributed by atoms with Crippen molar-refractivity contribution in [2.45, 2.75) is 78.3 Å². The van der Waals surface area contributed by atoms with Crippen molar-refractivity contribution < 1.29 is 4.79 Å². The number of nitrogens with zero attached hydrogens (tertiary/aromatic N) is 1. The minimum Gasteiger partial charge on any atom is -0.329 e. The smallest absolute Gasteiger partial charge is 0.312 e. The maximum Gasteiger partial charge on any atom is 0.312 e. The molecule has 0 N–H and O–H groups in total. The van der Waals surface area contributed by atoms with Crippen LogP contribution in [0.4, 0.5) is 0 Å². The van der Waals surface area contributed by atoms with Gasteiger partial charge in [-0.15, -0.1) is 0 Å². The van der Waals surface area contributed by atoms with Crippen LogP contribution in [0.1, 0.15) is 66.2 Å². The van der Waals surface area contributed by atoms with E-state index < -0.39 is 0 Å². The average molecular weight is 212 g/mol. The number of rotatable bonds is 9. The predicted octanol–water partition coefficient (Wildman–Crippen LogP) is 3.51. The summed E-state index contributed by atoms with van der Waals surface area (Å²) in [4.78, 5) is 13.0. The molecule has 2 atom stereocenters. The Morgan fingerprint density at radius 3 is 1.53 bits per heavy atom. The summed E-state index contributed by atoms with van der Waals surface area (Å²) in [5.41, 5.74) is 0. The zero-order valence-electron chi connectivity index (χ0n) is 10.8. The van der Waals surface area contributed by atoms with Crippen molar-refractivity contribution >= 4 is 6.41 Å². The monoisotopic (exact) mass is 212 g/mol. The van der Waals surface area contributed by atoms with E-state index in [9.17, 15) is 4.79 Å². The quantitative estimate of drug-likeness (QED) is 0.536. The maximum absolute atomic E-state index is 11.1. The minimum absolute atomic E-state index is 0.393. The third-order valence-electron chi connectivity index (χ3n) is 3.08. The van der Waals surface area contributed by atoms with E-state index >= 15 is 0 Å². The molecule has 0 saturated heterocycles. The molecule has 0 aliphatic carbocycles. The first-order valence-corrected chi connectivity index (χ1v) is 6.41. The lowest BCUT2D eigenvalue weighted by atomic mass is 10.0. The Labute approximate surface area is 95.0 Å². The van der Waals surface area contributed by atoms with E-state index in [0.29, 0.717) is 12.1 Å². The van der Waals surface area contributed by atoms with Gasteiger partial charge in [-0.3, -0.25) is 4.79 Å². The zero-order valence-corrected chi connectivity index (χ0v) is 10.8. The van der Waals surface area contributed by atoms with Gasteiger partial charge in [0.2, 0.25) is 0 Å². The van der Waals surface area contributed by atoms with E-state index in [0.717, 1.165) is 38.5 Å². The van der Waals surface area contributed by atoms with Crippen molar-refractivity contribution in [3.8, 4) is 0 Å². The fraction of sp³-hybridized carbons (Fsp3) is 0.923. The molecule has 89 valence electrons. The molecule has 0 spiro atoms. The Morgan fingerprint density at radius 1 is 0.933 bits per heavy atom. The van der Waals surface area contributed by atoms with Gasteiger partial charge in [0, 0.05) is 12.1 Å². The van der Waals surface area contributed by atoms with Crippen molar-refractivity contribution in [3.05, 3.63) is 0 Å². The van der Waals surface area contributed by atoms with Crippen LogP contribution in [-0.2, 0) is 4.79 Å². The van der Waals surface area contributed by atoms with Gasteiger partial charge in [-0.05, 0) is 25.7 Å². The lowest BCUT2D eigenvalue weighted by Crippen LogP contribution is -2.41. The van der Waals surface area contributed by atoms with Gasteiger partial charge >= 0.3 is 6.41 Å². The highest BCUT2D eigenvalue weighted by Gasteiger charge is 2.21. The summed E-state index contributed by atoms with van der Waals surface area (Å²) in [5, 5.41) is 0.